The van der Waals surface area contributed by atoms with Gasteiger partial charge in [-0.3, -0.25) is 9.59 Å². The largest absolute Gasteiger partial charge is 0.507 e. The molecule has 0 saturated carbocycles. The van der Waals surface area contributed by atoms with Gasteiger partial charge in [0.1, 0.15) is 11.5 Å². The number of hydrogen-bond donors (Lipinski definition) is 1. The summed E-state index contributed by atoms with van der Waals surface area (Å²) >= 11 is 12.3. The van der Waals surface area contributed by atoms with E-state index in [0.29, 0.717) is 34.4 Å². The van der Waals surface area contributed by atoms with Crippen LogP contribution in [0.5, 0.6) is 5.75 Å². The number of ether oxygens (including phenoxy) is 2. The van der Waals surface area contributed by atoms with Crippen molar-refractivity contribution in [2.24, 2.45) is 5.92 Å². The summed E-state index contributed by atoms with van der Waals surface area (Å²) in [5.74, 6) is -0.889. The highest BCUT2D eigenvalue weighted by Gasteiger charge is 2.46. The molecule has 0 spiro atoms. The van der Waals surface area contributed by atoms with Gasteiger partial charge < -0.3 is 19.5 Å². The SMILES string of the molecule is COCCN1C(=O)C(=O)/C(=C(\O)c2cccc(OCC(C)C)c2)C1c1ccc(Cl)c(Cl)c1. The van der Waals surface area contributed by atoms with E-state index in [1.54, 1.807) is 42.5 Å². The Morgan fingerprint density at radius 1 is 1.12 bits per heavy atom. The molecule has 0 bridgehead atoms. The minimum atomic E-state index is -0.833. The second-order valence-electron chi connectivity index (χ2n) is 7.89. The number of carbonyl (C=O) groups is 2. The number of benzene rings is 2. The Morgan fingerprint density at radius 3 is 2.53 bits per heavy atom. The van der Waals surface area contributed by atoms with Gasteiger partial charge in [0.05, 0.1) is 34.9 Å². The zero-order valence-corrected chi connectivity index (χ0v) is 19.6. The van der Waals surface area contributed by atoms with Crippen molar-refractivity contribution in [3.63, 3.8) is 0 Å². The van der Waals surface area contributed by atoms with Crippen LogP contribution >= 0.6 is 23.2 Å². The van der Waals surface area contributed by atoms with Crippen LogP contribution < -0.4 is 4.74 Å². The van der Waals surface area contributed by atoms with Gasteiger partial charge >= 0.3 is 0 Å². The fraction of sp³-hybridized carbons (Fsp3) is 0.333. The molecule has 1 atom stereocenters. The summed E-state index contributed by atoms with van der Waals surface area (Å²) in [6, 6.07) is 10.8. The maximum absolute atomic E-state index is 13.0. The van der Waals surface area contributed by atoms with Crippen LogP contribution in [0.3, 0.4) is 0 Å². The third kappa shape index (κ3) is 5.09. The van der Waals surface area contributed by atoms with Gasteiger partial charge in [-0.15, -0.1) is 0 Å². The number of rotatable bonds is 8. The van der Waals surface area contributed by atoms with E-state index in [-0.39, 0.29) is 29.5 Å². The van der Waals surface area contributed by atoms with Gasteiger partial charge in [0.25, 0.3) is 11.7 Å². The van der Waals surface area contributed by atoms with Gasteiger partial charge in [0, 0.05) is 19.2 Å². The second-order valence-corrected chi connectivity index (χ2v) is 8.71. The van der Waals surface area contributed by atoms with E-state index in [1.165, 1.54) is 12.0 Å². The Balaban J connectivity index is 2.11. The van der Waals surface area contributed by atoms with E-state index < -0.39 is 17.7 Å². The van der Waals surface area contributed by atoms with Gasteiger partial charge in [-0.05, 0) is 35.7 Å². The first-order valence-corrected chi connectivity index (χ1v) is 11.0. The zero-order chi connectivity index (χ0) is 23.4. The summed E-state index contributed by atoms with van der Waals surface area (Å²) in [6.07, 6.45) is 0. The molecule has 32 heavy (non-hydrogen) atoms. The van der Waals surface area contributed by atoms with E-state index in [0.717, 1.165) is 0 Å². The number of hydrogen-bond acceptors (Lipinski definition) is 5. The molecule has 1 saturated heterocycles. The van der Waals surface area contributed by atoms with Crippen LogP contribution in [-0.2, 0) is 14.3 Å². The number of amides is 1. The summed E-state index contributed by atoms with van der Waals surface area (Å²) in [5, 5.41) is 11.8. The lowest BCUT2D eigenvalue weighted by Crippen LogP contribution is -2.32. The van der Waals surface area contributed by atoms with Crippen LogP contribution in [0.25, 0.3) is 5.76 Å². The molecule has 1 aliphatic rings. The number of aliphatic hydroxyl groups excluding tert-OH is 1. The molecule has 6 nitrogen and oxygen atoms in total. The number of methoxy groups -OCH3 is 1. The number of halogens is 2. The second kappa shape index (κ2) is 10.4. The van der Waals surface area contributed by atoms with Crippen LogP contribution in [0.4, 0.5) is 0 Å². The van der Waals surface area contributed by atoms with Crippen molar-refractivity contribution in [2.75, 3.05) is 26.9 Å². The number of aliphatic hydroxyl groups is 1. The Labute approximate surface area is 197 Å². The van der Waals surface area contributed by atoms with Crippen molar-refractivity contribution >= 4 is 40.7 Å². The molecule has 0 aliphatic carbocycles. The molecule has 1 unspecified atom stereocenters. The van der Waals surface area contributed by atoms with Crippen LogP contribution in [0.15, 0.2) is 48.0 Å². The van der Waals surface area contributed by atoms with Crippen molar-refractivity contribution in [1.29, 1.82) is 0 Å². The van der Waals surface area contributed by atoms with Crippen LogP contribution in [-0.4, -0.2) is 48.6 Å². The number of likely N-dealkylation sites (tertiary alicyclic amines) is 1. The molecule has 170 valence electrons. The van der Waals surface area contributed by atoms with Crippen molar-refractivity contribution in [1.82, 2.24) is 4.90 Å². The maximum Gasteiger partial charge on any atom is 0.295 e. The third-order valence-electron chi connectivity index (χ3n) is 5.03. The lowest BCUT2D eigenvalue weighted by Gasteiger charge is -2.25. The molecule has 1 N–H and O–H groups in total. The molecule has 0 aromatic heterocycles. The van der Waals surface area contributed by atoms with E-state index >= 15 is 0 Å². The van der Waals surface area contributed by atoms with Crippen molar-refractivity contribution < 1.29 is 24.2 Å². The molecule has 3 rings (SSSR count). The van der Waals surface area contributed by atoms with Crippen LogP contribution in [0.1, 0.15) is 31.0 Å². The van der Waals surface area contributed by atoms with Gasteiger partial charge in [-0.1, -0.05) is 55.2 Å². The zero-order valence-electron chi connectivity index (χ0n) is 18.1. The Morgan fingerprint density at radius 2 is 1.88 bits per heavy atom. The highest BCUT2D eigenvalue weighted by molar-refractivity contribution is 6.46. The summed E-state index contributed by atoms with van der Waals surface area (Å²) in [5.41, 5.74) is 0.912. The van der Waals surface area contributed by atoms with Gasteiger partial charge in [0.2, 0.25) is 0 Å². The molecule has 1 fully saturated rings. The molecule has 2 aromatic rings. The monoisotopic (exact) mass is 477 g/mol. The normalized spacial score (nSPS) is 17.9. The molecular formula is C24H25Cl2NO5. The van der Waals surface area contributed by atoms with E-state index in [9.17, 15) is 14.7 Å². The number of nitrogens with zero attached hydrogens (tertiary/aromatic N) is 1. The Bertz CT molecular complexity index is 1050. The average molecular weight is 478 g/mol. The number of carbonyl (C=O) groups excluding carboxylic acids is 2. The number of Topliss-reactive ketones (excluding diaryl/α,β-unsaturated/α-hetero) is 1. The molecule has 2 aromatic carbocycles. The lowest BCUT2D eigenvalue weighted by molar-refractivity contribution is -0.140. The first-order chi connectivity index (χ1) is 15.2. The van der Waals surface area contributed by atoms with Crippen molar-refractivity contribution in [3.8, 4) is 5.75 Å². The van der Waals surface area contributed by atoms with Crippen molar-refractivity contribution in [3.05, 3.63) is 69.2 Å². The highest BCUT2D eigenvalue weighted by atomic mass is 35.5. The first-order valence-electron chi connectivity index (χ1n) is 10.2. The average Bonchev–Trinajstić information content (AvgIpc) is 3.02. The fourth-order valence-electron chi connectivity index (χ4n) is 3.48. The maximum atomic E-state index is 13.0. The molecule has 0 radical (unpaired) electrons. The van der Waals surface area contributed by atoms with E-state index in [1.807, 2.05) is 13.8 Å². The Hall–Kier alpha value is -2.54. The smallest absolute Gasteiger partial charge is 0.295 e. The minimum absolute atomic E-state index is 0.0227. The summed E-state index contributed by atoms with van der Waals surface area (Å²) in [6.45, 7) is 4.96. The Kier molecular flexibility index (Phi) is 7.82. The molecule has 1 aliphatic heterocycles. The van der Waals surface area contributed by atoms with Crippen LogP contribution in [0, 0.1) is 5.92 Å². The van der Waals surface area contributed by atoms with Crippen molar-refractivity contribution in [2.45, 2.75) is 19.9 Å². The summed E-state index contributed by atoms with van der Waals surface area (Å²) < 4.78 is 10.8. The fourth-order valence-corrected chi connectivity index (χ4v) is 3.79. The predicted octanol–water partition coefficient (Wildman–Crippen LogP) is 5.10. The predicted molar refractivity (Wildman–Crippen MR) is 124 cm³/mol. The lowest BCUT2D eigenvalue weighted by atomic mass is 9.95. The highest BCUT2D eigenvalue weighted by Crippen LogP contribution is 2.41. The van der Waals surface area contributed by atoms with Gasteiger partial charge in [-0.25, -0.2) is 0 Å². The first kappa shape index (κ1) is 24.1. The topological polar surface area (TPSA) is 76.1 Å². The van der Waals surface area contributed by atoms with Crippen LogP contribution in [0.2, 0.25) is 10.0 Å². The quantitative estimate of drug-likeness (QED) is 0.325. The minimum Gasteiger partial charge on any atom is -0.507 e. The standard InChI is InChI=1S/C24H25Cl2NO5/c1-14(2)13-32-17-6-4-5-16(11-17)22(28)20-21(15-7-8-18(25)19(26)12-15)27(9-10-31-3)24(30)23(20)29/h4-8,11-12,14,21,28H,9-10,13H2,1-3H3/b22-20-. The molecule has 1 amide bonds. The molecule has 8 heteroatoms. The van der Waals surface area contributed by atoms with E-state index in [2.05, 4.69) is 0 Å². The molecular weight excluding hydrogens is 453 g/mol. The van der Waals surface area contributed by atoms with Gasteiger partial charge in [0.15, 0.2) is 0 Å². The summed E-state index contributed by atoms with van der Waals surface area (Å²) in [7, 11) is 1.51. The third-order valence-corrected chi connectivity index (χ3v) is 5.77. The summed E-state index contributed by atoms with van der Waals surface area (Å²) in [4.78, 5) is 27.2. The van der Waals surface area contributed by atoms with Gasteiger partial charge in [-0.2, -0.15) is 0 Å². The van der Waals surface area contributed by atoms with E-state index in [4.69, 9.17) is 32.7 Å². The molecule has 1 heterocycles. The number of ketones is 1.